The van der Waals surface area contributed by atoms with E-state index in [1.165, 1.54) is 6.92 Å². The number of nitrogens with zero attached hydrogens (tertiary/aromatic N) is 2. The summed E-state index contributed by atoms with van der Waals surface area (Å²) in [5.74, 6) is 0.615. The number of nitrogens with one attached hydrogen (secondary N) is 2. The summed E-state index contributed by atoms with van der Waals surface area (Å²) in [6, 6.07) is 16.7. The fourth-order valence-electron chi connectivity index (χ4n) is 3.67. The molecule has 30 heavy (non-hydrogen) atoms. The lowest BCUT2D eigenvalue weighted by molar-refractivity contribution is -0.116. The Bertz CT molecular complexity index is 1190. The van der Waals surface area contributed by atoms with Crippen molar-refractivity contribution in [3.63, 3.8) is 0 Å². The number of hydrogen-bond donors (Lipinski definition) is 2. The minimum Gasteiger partial charge on any atom is -0.369 e. The first kappa shape index (κ1) is 20.3. The maximum absolute atomic E-state index is 12.7. The average Bonchev–Trinajstić information content (AvgIpc) is 2.75. The summed E-state index contributed by atoms with van der Waals surface area (Å²) in [4.78, 5) is 18.2. The molecular formula is C22H24N4O3S. The number of para-hydroxylation sites is 1. The number of carbonyl (C=O) groups is 1. The van der Waals surface area contributed by atoms with Crippen LogP contribution in [0.25, 0.3) is 10.9 Å². The molecule has 0 atom stereocenters. The second-order valence-electron chi connectivity index (χ2n) is 7.28. The highest BCUT2D eigenvalue weighted by molar-refractivity contribution is 7.89. The minimum absolute atomic E-state index is 0.0782. The van der Waals surface area contributed by atoms with Crippen LogP contribution < -0.4 is 14.9 Å². The molecule has 2 heterocycles. The van der Waals surface area contributed by atoms with E-state index in [1.54, 1.807) is 23.1 Å². The zero-order valence-corrected chi connectivity index (χ0v) is 17.6. The number of carbonyl (C=O) groups excluding carboxylic acids is 1. The molecule has 0 saturated heterocycles. The summed E-state index contributed by atoms with van der Waals surface area (Å²) in [5, 5.41) is 4.19. The smallest absolute Gasteiger partial charge is 0.240 e. The summed E-state index contributed by atoms with van der Waals surface area (Å²) in [7, 11) is -3.68. The number of sulfonamides is 1. The van der Waals surface area contributed by atoms with E-state index in [0.717, 1.165) is 29.3 Å². The van der Waals surface area contributed by atoms with E-state index >= 15 is 0 Å². The van der Waals surface area contributed by atoms with Crippen LogP contribution in [-0.2, 0) is 21.2 Å². The Morgan fingerprint density at radius 3 is 2.77 bits per heavy atom. The van der Waals surface area contributed by atoms with Gasteiger partial charge in [0.25, 0.3) is 0 Å². The first-order valence-corrected chi connectivity index (χ1v) is 11.4. The zero-order valence-electron chi connectivity index (χ0n) is 16.8. The zero-order chi connectivity index (χ0) is 21.1. The van der Waals surface area contributed by atoms with Crippen molar-refractivity contribution in [2.75, 3.05) is 29.9 Å². The molecule has 1 aliphatic rings. The quantitative estimate of drug-likeness (QED) is 0.594. The second kappa shape index (κ2) is 8.41. The number of fused-ring (bicyclic) bond motifs is 2. The number of benzene rings is 2. The van der Waals surface area contributed by atoms with E-state index in [4.69, 9.17) is 0 Å². The maximum atomic E-state index is 12.7. The van der Waals surface area contributed by atoms with E-state index in [2.05, 4.69) is 15.0 Å². The van der Waals surface area contributed by atoms with E-state index in [0.29, 0.717) is 24.6 Å². The molecule has 1 amide bonds. The summed E-state index contributed by atoms with van der Waals surface area (Å²) >= 11 is 0. The molecule has 2 aromatic carbocycles. The van der Waals surface area contributed by atoms with Crippen molar-refractivity contribution in [1.82, 2.24) is 9.71 Å². The first-order chi connectivity index (χ1) is 14.4. The van der Waals surface area contributed by atoms with Crippen molar-refractivity contribution < 1.29 is 13.2 Å². The van der Waals surface area contributed by atoms with Gasteiger partial charge in [0.2, 0.25) is 15.9 Å². The first-order valence-electron chi connectivity index (χ1n) is 9.94. The molecule has 1 aliphatic heterocycles. The number of aryl methyl sites for hydroxylation is 1. The molecule has 7 nitrogen and oxygen atoms in total. The lowest BCUT2D eigenvalue weighted by Gasteiger charge is -2.29. The lowest BCUT2D eigenvalue weighted by atomic mass is 10.0. The topological polar surface area (TPSA) is 91.4 Å². The Hall–Kier alpha value is -2.97. The van der Waals surface area contributed by atoms with Crippen molar-refractivity contribution in [3.8, 4) is 0 Å². The number of rotatable bonds is 6. The third-order valence-electron chi connectivity index (χ3n) is 5.19. The maximum Gasteiger partial charge on any atom is 0.240 e. The van der Waals surface area contributed by atoms with Crippen molar-refractivity contribution >= 4 is 38.3 Å². The number of pyridine rings is 1. The van der Waals surface area contributed by atoms with Gasteiger partial charge in [0, 0.05) is 37.6 Å². The van der Waals surface area contributed by atoms with Gasteiger partial charge in [-0.05, 0) is 48.7 Å². The highest BCUT2D eigenvalue weighted by Crippen LogP contribution is 2.29. The van der Waals surface area contributed by atoms with E-state index < -0.39 is 10.0 Å². The minimum atomic E-state index is -3.68. The highest BCUT2D eigenvalue weighted by Gasteiger charge is 2.23. The summed E-state index contributed by atoms with van der Waals surface area (Å²) < 4.78 is 28.1. The van der Waals surface area contributed by atoms with E-state index in [9.17, 15) is 13.2 Å². The Balaban J connectivity index is 1.40. The van der Waals surface area contributed by atoms with Gasteiger partial charge >= 0.3 is 0 Å². The third kappa shape index (κ3) is 4.29. The monoisotopic (exact) mass is 424 g/mol. The molecular weight excluding hydrogens is 400 g/mol. The van der Waals surface area contributed by atoms with Gasteiger partial charge in [0.1, 0.15) is 5.82 Å². The molecule has 0 aliphatic carbocycles. The van der Waals surface area contributed by atoms with Gasteiger partial charge in [-0.15, -0.1) is 0 Å². The highest BCUT2D eigenvalue weighted by atomic mass is 32.2. The number of amides is 1. The second-order valence-corrected chi connectivity index (χ2v) is 9.05. The van der Waals surface area contributed by atoms with Gasteiger partial charge in [-0.2, -0.15) is 0 Å². The molecule has 3 aromatic rings. The number of hydrogen-bond acceptors (Lipinski definition) is 5. The average molecular weight is 425 g/mol. The molecule has 1 aromatic heterocycles. The van der Waals surface area contributed by atoms with Crippen LogP contribution in [0.3, 0.4) is 0 Å². The molecule has 0 saturated carbocycles. The van der Waals surface area contributed by atoms with Crippen LogP contribution >= 0.6 is 0 Å². The van der Waals surface area contributed by atoms with Crippen LogP contribution in [0, 0.1) is 0 Å². The Kier molecular flexibility index (Phi) is 5.69. The lowest BCUT2D eigenvalue weighted by Crippen LogP contribution is -2.34. The molecule has 0 spiro atoms. The predicted molar refractivity (Wildman–Crippen MR) is 118 cm³/mol. The fourth-order valence-corrected chi connectivity index (χ4v) is 4.72. The third-order valence-corrected chi connectivity index (χ3v) is 6.65. The molecule has 2 N–H and O–H groups in total. The van der Waals surface area contributed by atoms with Crippen LogP contribution in [0.2, 0.25) is 0 Å². The van der Waals surface area contributed by atoms with Crippen LogP contribution in [-0.4, -0.2) is 38.9 Å². The van der Waals surface area contributed by atoms with Crippen molar-refractivity contribution in [2.45, 2.75) is 24.7 Å². The van der Waals surface area contributed by atoms with Gasteiger partial charge < -0.3 is 10.2 Å². The standard InChI is InChI=1S/C22H24N4O3S/c1-16(27)26-14-4-6-18-8-10-19(15-21(18)26)30(28,29)24-13-12-23-22-11-9-17-5-2-3-7-20(17)25-22/h2-3,5,7-11,15,24H,4,6,12-14H2,1H3,(H,23,25). The molecule has 0 radical (unpaired) electrons. The molecule has 0 unspecified atom stereocenters. The normalized spacial score (nSPS) is 13.8. The summed E-state index contributed by atoms with van der Waals surface area (Å²) in [6.45, 7) is 2.72. The van der Waals surface area contributed by atoms with E-state index in [1.807, 2.05) is 36.4 Å². The van der Waals surface area contributed by atoms with Gasteiger partial charge in [-0.1, -0.05) is 24.3 Å². The predicted octanol–water partition coefficient (Wildman–Crippen LogP) is 2.92. The van der Waals surface area contributed by atoms with Gasteiger partial charge in [0.05, 0.1) is 10.4 Å². The number of anilines is 2. The Morgan fingerprint density at radius 2 is 1.93 bits per heavy atom. The SMILES string of the molecule is CC(=O)N1CCCc2ccc(S(=O)(=O)NCCNc3ccc4ccccc4n3)cc21. The van der Waals surface area contributed by atoms with Gasteiger partial charge in [-0.3, -0.25) is 4.79 Å². The molecule has 4 rings (SSSR count). The summed E-state index contributed by atoms with van der Waals surface area (Å²) in [6.07, 6.45) is 1.72. The molecule has 0 bridgehead atoms. The molecule has 0 fully saturated rings. The van der Waals surface area contributed by atoms with Crippen LogP contribution in [0.1, 0.15) is 18.9 Å². The van der Waals surface area contributed by atoms with Crippen molar-refractivity contribution in [1.29, 1.82) is 0 Å². The van der Waals surface area contributed by atoms with Crippen molar-refractivity contribution in [2.24, 2.45) is 0 Å². The fraction of sp³-hybridized carbons (Fsp3) is 0.273. The van der Waals surface area contributed by atoms with Crippen LogP contribution in [0.5, 0.6) is 0 Å². The van der Waals surface area contributed by atoms with Crippen molar-refractivity contribution in [3.05, 3.63) is 60.2 Å². The van der Waals surface area contributed by atoms with Crippen LogP contribution in [0.15, 0.2) is 59.5 Å². The Labute approximate surface area is 176 Å². The largest absolute Gasteiger partial charge is 0.369 e. The Morgan fingerprint density at radius 1 is 1.10 bits per heavy atom. The molecule has 156 valence electrons. The van der Waals surface area contributed by atoms with Gasteiger partial charge in [0.15, 0.2) is 0 Å². The summed E-state index contributed by atoms with van der Waals surface area (Å²) in [5.41, 5.74) is 2.57. The number of aromatic nitrogens is 1. The van der Waals surface area contributed by atoms with E-state index in [-0.39, 0.29) is 17.3 Å². The van der Waals surface area contributed by atoms with Crippen LogP contribution in [0.4, 0.5) is 11.5 Å². The van der Waals surface area contributed by atoms with Gasteiger partial charge in [-0.25, -0.2) is 18.1 Å². The molecule has 8 heteroatoms.